The summed E-state index contributed by atoms with van der Waals surface area (Å²) in [5.74, 6) is 0. The molecule has 4 nitrogen and oxygen atoms in total. The molecule has 1 aliphatic rings. The molecule has 0 atom stereocenters. The van der Waals surface area contributed by atoms with Crippen molar-refractivity contribution in [3.05, 3.63) is 0 Å². The molecular formula is C10H24N4. The second-order valence-electron chi connectivity index (χ2n) is 3.77. The van der Waals surface area contributed by atoms with Gasteiger partial charge in [-0.3, -0.25) is 15.5 Å². The van der Waals surface area contributed by atoms with E-state index in [1.54, 1.807) is 0 Å². The van der Waals surface area contributed by atoms with Gasteiger partial charge in [-0.15, -0.1) is 0 Å². The Morgan fingerprint density at radius 1 is 1.14 bits per heavy atom. The van der Waals surface area contributed by atoms with Crippen molar-refractivity contribution in [2.24, 2.45) is 0 Å². The van der Waals surface area contributed by atoms with Gasteiger partial charge in [0, 0.05) is 13.2 Å². The van der Waals surface area contributed by atoms with Crippen molar-refractivity contribution in [3.8, 4) is 0 Å². The molecule has 1 heterocycles. The summed E-state index contributed by atoms with van der Waals surface area (Å²) < 4.78 is 0. The minimum atomic E-state index is 0.951. The van der Waals surface area contributed by atoms with E-state index in [1.807, 2.05) is 0 Å². The first-order valence-corrected chi connectivity index (χ1v) is 5.73. The van der Waals surface area contributed by atoms with Crippen molar-refractivity contribution in [1.82, 2.24) is 20.4 Å². The summed E-state index contributed by atoms with van der Waals surface area (Å²) in [6.07, 6.45) is 1.27. The first kappa shape index (κ1) is 11.9. The molecule has 0 aromatic heterocycles. The highest BCUT2D eigenvalue weighted by Crippen LogP contribution is 1.94. The minimum Gasteiger partial charge on any atom is -0.304 e. The van der Waals surface area contributed by atoms with Gasteiger partial charge in [-0.1, -0.05) is 13.8 Å². The third-order valence-electron chi connectivity index (χ3n) is 2.76. The molecule has 1 fully saturated rings. The standard InChI is InChI=1S/C10H24N4/c1-3-13(4-2)6-5-7-14-9-11-8-12-10-14/h11-12H,3-10H2,1-2H3. The molecule has 2 N–H and O–H groups in total. The summed E-state index contributed by atoms with van der Waals surface area (Å²) in [6.45, 7) is 12.2. The lowest BCUT2D eigenvalue weighted by atomic mass is 10.3. The Kier molecular flexibility index (Phi) is 6.10. The quantitative estimate of drug-likeness (QED) is 0.636. The van der Waals surface area contributed by atoms with Crippen molar-refractivity contribution >= 4 is 0 Å². The van der Waals surface area contributed by atoms with Crippen LogP contribution in [0.25, 0.3) is 0 Å². The van der Waals surface area contributed by atoms with E-state index < -0.39 is 0 Å². The third-order valence-corrected chi connectivity index (χ3v) is 2.76. The monoisotopic (exact) mass is 200 g/mol. The van der Waals surface area contributed by atoms with Gasteiger partial charge in [0.1, 0.15) is 0 Å². The Labute approximate surface area is 87.6 Å². The average Bonchev–Trinajstić information content (AvgIpc) is 2.26. The molecule has 1 rings (SSSR count). The molecule has 0 radical (unpaired) electrons. The summed E-state index contributed by atoms with van der Waals surface area (Å²) in [5.41, 5.74) is 0. The number of nitrogens with zero attached hydrogens (tertiary/aromatic N) is 2. The fraction of sp³-hybridized carbons (Fsp3) is 1.00. The molecule has 0 amide bonds. The SMILES string of the molecule is CCN(CC)CCCN1CNCNC1. The van der Waals surface area contributed by atoms with E-state index in [4.69, 9.17) is 0 Å². The van der Waals surface area contributed by atoms with Crippen LogP contribution in [0.15, 0.2) is 0 Å². The first-order chi connectivity index (χ1) is 6.86. The van der Waals surface area contributed by atoms with Crippen LogP contribution in [-0.2, 0) is 0 Å². The molecule has 1 aliphatic heterocycles. The highest BCUT2D eigenvalue weighted by Gasteiger charge is 2.08. The van der Waals surface area contributed by atoms with Gasteiger partial charge in [0.15, 0.2) is 0 Å². The maximum absolute atomic E-state index is 3.30. The largest absolute Gasteiger partial charge is 0.304 e. The molecule has 0 aliphatic carbocycles. The summed E-state index contributed by atoms with van der Waals surface area (Å²) in [4.78, 5) is 4.89. The smallest absolute Gasteiger partial charge is 0.0502 e. The third kappa shape index (κ3) is 4.37. The maximum atomic E-state index is 3.30. The highest BCUT2D eigenvalue weighted by atomic mass is 15.4. The molecule has 84 valence electrons. The molecule has 4 heteroatoms. The second-order valence-corrected chi connectivity index (χ2v) is 3.77. The molecule has 1 saturated heterocycles. The summed E-state index contributed by atoms with van der Waals surface area (Å²) in [7, 11) is 0. The molecule has 0 unspecified atom stereocenters. The Morgan fingerprint density at radius 2 is 1.79 bits per heavy atom. The minimum absolute atomic E-state index is 0.951. The zero-order chi connectivity index (χ0) is 10.2. The van der Waals surface area contributed by atoms with Crippen LogP contribution in [0.4, 0.5) is 0 Å². The fourth-order valence-electron chi connectivity index (χ4n) is 1.79. The Morgan fingerprint density at radius 3 is 2.36 bits per heavy atom. The van der Waals surface area contributed by atoms with Crippen LogP contribution in [0.1, 0.15) is 20.3 Å². The van der Waals surface area contributed by atoms with E-state index in [0.717, 1.165) is 20.0 Å². The number of rotatable bonds is 6. The van der Waals surface area contributed by atoms with Crippen LogP contribution in [0.2, 0.25) is 0 Å². The number of hydrogen-bond donors (Lipinski definition) is 2. The second kappa shape index (κ2) is 7.17. The van der Waals surface area contributed by atoms with Crippen molar-refractivity contribution in [2.75, 3.05) is 46.2 Å². The van der Waals surface area contributed by atoms with Gasteiger partial charge >= 0.3 is 0 Å². The fourth-order valence-corrected chi connectivity index (χ4v) is 1.79. The van der Waals surface area contributed by atoms with Crippen LogP contribution in [0.5, 0.6) is 0 Å². The molecule has 0 saturated carbocycles. The molecule has 0 aromatic rings. The van der Waals surface area contributed by atoms with Gasteiger partial charge in [0.2, 0.25) is 0 Å². The van der Waals surface area contributed by atoms with Crippen molar-refractivity contribution in [2.45, 2.75) is 20.3 Å². The molecule has 14 heavy (non-hydrogen) atoms. The molecule has 0 bridgehead atoms. The van der Waals surface area contributed by atoms with Crippen molar-refractivity contribution in [1.29, 1.82) is 0 Å². The summed E-state index contributed by atoms with van der Waals surface area (Å²) >= 11 is 0. The van der Waals surface area contributed by atoms with Crippen molar-refractivity contribution in [3.63, 3.8) is 0 Å². The van der Waals surface area contributed by atoms with Gasteiger partial charge in [0.25, 0.3) is 0 Å². The normalized spacial score (nSPS) is 19.1. The van der Waals surface area contributed by atoms with Crippen LogP contribution < -0.4 is 10.6 Å². The van der Waals surface area contributed by atoms with Gasteiger partial charge in [-0.25, -0.2) is 0 Å². The van der Waals surface area contributed by atoms with Crippen LogP contribution in [0, 0.1) is 0 Å². The van der Waals surface area contributed by atoms with Gasteiger partial charge in [-0.2, -0.15) is 0 Å². The topological polar surface area (TPSA) is 30.5 Å². The maximum Gasteiger partial charge on any atom is 0.0502 e. The average molecular weight is 200 g/mol. The summed E-state index contributed by atoms with van der Waals surface area (Å²) in [5, 5.41) is 6.60. The highest BCUT2D eigenvalue weighted by molar-refractivity contribution is 4.62. The van der Waals surface area contributed by atoms with Crippen LogP contribution >= 0.6 is 0 Å². The van der Waals surface area contributed by atoms with Gasteiger partial charge in [0.05, 0.1) is 13.3 Å². The van der Waals surface area contributed by atoms with Gasteiger partial charge in [-0.05, 0) is 26.1 Å². The van der Waals surface area contributed by atoms with E-state index in [-0.39, 0.29) is 0 Å². The Balaban J connectivity index is 2.01. The Bertz CT molecular complexity index is 130. The van der Waals surface area contributed by atoms with Crippen LogP contribution in [-0.4, -0.2) is 56.0 Å². The Hall–Kier alpha value is -0.160. The number of nitrogens with one attached hydrogen (secondary N) is 2. The predicted molar refractivity (Wildman–Crippen MR) is 60.0 cm³/mol. The lowest BCUT2D eigenvalue weighted by Gasteiger charge is -2.28. The van der Waals surface area contributed by atoms with Gasteiger partial charge < -0.3 is 4.90 Å². The number of hydrogen-bond acceptors (Lipinski definition) is 4. The van der Waals surface area contributed by atoms with Crippen LogP contribution in [0.3, 0.4) is 0 Å². The summed E-state index contributed by atoms with van der Waals surface area (Å²) in [6, 6.07) is 0. The zero-order valence-corrected chi connectivity index (χ0v) is 9.55. The van der Waals surface area contributed by atoms with E-state index in [0.29, 0.717) is 0 Å². The lowest BCUT2D eigenvalue weighted by molar-refractivity contribution is 0.178. The molecule has 0 spiro atoms. The van der Waals surface area contributed by atoms with E-state index >= 15 is 0 Å². The van der Waals surface area contributed by atoms with E-state index in [9.17, 15) is 0 Å². The predicted octanol–water partition coefficient (Wildman–Crippen LogP) is 0.0856. The first-order valence-electron chi connectivity index (χ1n) is 5.73. The zero-order valence-electron chi connectivity index (χ0n) is 9.55. The lowest BCUT2D eigenvalue weighted by Crippen LogP contribution is -2.51. The molecular weight excluding hydrogens is 176 g/mol. The van der Waals surface area contributed by atoms with E-state index in [2.05, 4.69) is 34.3 Å². The van der Waals surface area contributed by atoms with Crippen molar-refractivity contribution < 1.29 is 0 Å². The van der Waals surface area contributed by atoms with E-state index in [1.165, 1.54) is 32.6 Å². The molecule has 0 aromatic carbocycles.